The molecule has 1 saturated heterocycles. The van der Waals surface area contributed by atoms with Crippen LogP contribution in [0.15, 0.2) is 83.6 Å². The van der Waals surface area contributed by atoms with Gasteiger partial charge in [0.2, 0.25) is 11.9 Å². The number of ether oxygens (including phenoxy) is 2. The zero-order valence-corrected chi connectivity index (χ0v) is 30.6. The van der Waals surface area contributed by atoms with Crippen LogP contribution in [0.4, 0.5) is 5.69 Å². The van der Waals surface area contributed by atoms with Gasteiger partial charge in [-0.2, -0.15) is 0 Å². The summed E-state index contributed by atoms with van der Waals surface area (Å²) in [6, 6.07) is 20.0. The fourth-order valence-corrected chi connectivity index (χ4v) is 6.01. The molecular weight excluding hydrogens is 626 g/mol. The molecule has 50 heavy (non-hydrogen) atoms. The van der Waals surface area contributed by atoms with Crippen molar-refractivity contribution in [2.24, 2.45) is 16.1 Å². The number of carbonyl (C=O) groups excluding carboxylic acids is 1. The van der Waals surface area contributed by atoms with Crippen LogP contribution in [0.1, 0.15) is 95.4 Å². The zero-order valence-electron chi connectivity index (χ0n) is 30.6. The highest BCUT2D eigenvalue weighted by atomic mass is 16.5. The molecule has 3 aromatic rings. The molecule has 1 aliphatic heterocycles. The summed E-state index contributed by atoms with van der Waals surface area (Å²) >= 11 is 0. The maximum absolute atomic E-state index is 11.3. The van der Waals surface area contributed by atoms with Gasteiger partial charge in [-0.15, -0.1) is 0 Å². The van der Waals surface area contributed by atoms with E-state index in [0.29, 0.717) is 42.3 Å². The number of amides is 1. The molecule has 2 aliphatic rings. The summed E-state index contributed by atoms with van der Waals surface area (Å²) in [7, 11) is 0. The van der Waals surface area contributed by atoms with Crippen molar-refractivity contribution in [3.05, 3.63) is 101 Å². The fourth-order valence-electron chi connectivity index (χ4n) is 6.01. The molecule has 2 atom stereocenters. The second-order valence-electron chi connectivity index (χ2n) is 14.1. The first-order valence-corrected chi connectivity index (χ1v) is 17.7. The Morgan fingerprint density at radius 1 is 1.06 bits per heavy atom. The summed E-state index contributed by atoms with van der Waals surface area (Å²) in [5, 5.41) is 19.6. The van der Waals surface area contributed by atoms with E-state index in [2.05, 4.69) is 41.5 Å². The number of hydrogen-bond donors (Lipinski definition) is 4. The maximum Gasteiger partial charge on any atom is 0.222 e. The highest BCUT2D eigenvalue weighted by Gasteiger charge is 2.28. The van der Waals surface area contributed by atoms with Crippen molar-refractivity contribution in [3.63, 3.8) is 0 Å². The molecule has 2 heterocycles. The number of hydrogen-bond acceptors (Lipinski definition) is 7. The van der Waals surface area contributed by atoms with Crippen molar-refractivity contribution in [2.75, 3.05) is 26.3 Å². The van der Waals surface area contributed by atoms with E-state index in [1.807, 2.05) is 62.9 Å². The molecular formula is C40H55N7O3. The molecule has 1 aliphatic carbocycles. The van der Waals surface area contributed by atoms with Crippen LogP contribution < -0.4 is 21.3 Å². The van der Waals surface area contributed by atoms with Crippen LogP contribution in [0.5, 0.6) is 5.75 Å². The Bertz CT molecular complexity index is 1710. The number of allylic oxidation sites excluding steroid dienone is 1. The van der Waals surface area contributed by atoms with Gasteiger partial charge in [0.15, 0.2) is 0 Å². The third-order valence-electron chi connectivity index (χ3n) is 8.89. The molecule has 0 radical (unpaired) electrons. The molecule has 10 nitrogen and oxygen atoms in total. The van der Waals surface area contributed by atoms with Crippen molar-refractivity contribution in [3.8, 4) is 5.75 Å². The number of amidine groups is 1. The van der Waals surface area contributed by atoms with Crippen LogP contribution >= 0.6 is 0 Å². The molecule has 1 aromatic heterocycles. The van der Waals surface area contributed by atoms with Gasteiger partial charge in [-0.3, -0.25) is 20.2 Å². The van der Waals surface area contributed by atoms with Crippen LogP contribution in [-0.2, 0) is 9.53 Å². The predicted molar refractivity (Wildman–Crippen MR) is 201 cm³/mol. The molecule has 268 valence electrons. The number of rotatable bonds is 6. The normalized spacial score (nSPS) is 18.2. The van der Waals surface area contributed by atoms with E-state index in [1.54, 1.807) is 22.9 Å². The number of nitrogens with two attached hydrogens (primary N) is 1. The van der Waals surface area contributed by atoms with E-state index in [1.165, 1.54) is 30.9 Å². The zero-order chi connectivity index (χ0) is 36.3. The third kappa shape index (κ3) is 10.9. The molecule has 0 spiro atoms. The van der Waals surface area contributed by atoms with E-state index >= 15 is 0 Å². The molecule has 0 bridgehead atoms. The van der Waals surface area contributed by atoms with E-state index in [4.69, 9.17) is 26.0 Å². The summed E-state index contributed by atoms with van der Waals surface area (Å²) in [6.45, 7) is 14.5. The second-order valence-corrected chi connectivity index (χ2v) is 14.1. The molecule has 5 rings (SSSR count). The average molecular weight is 682 g/mol. The maximum atomic E-state index is 11.3. The summed E-state index contributed by atoms with van der Waals surface area (Å²) in [5.74, 6) is 1.91. The lowest BCUT2D eigenvalue weighted by Gasteiger charge is -2.32. The Kier molecular flexibility index (Phi) is 13.6. The highest BCUT2D eigenvalue weighted by molar-refractivity contribution is 6.05. The lowest BCUT2D eigenvalue weighted by molar-refractivity contribution is -0.117. The summed E-state index contributed by atoms with van der Waals surface area (Å²) in [6.07, 6.45) is 8.94. The van der Waals surface area contributed by atoms with Crippen LogP contribution in [-0.4, -0.2) is 53.5 Å². The van der Waals surface area contributed by atoms with Crippen molar-refractivity contribution in [2.45, 2.75) is 85.7 Å². The van der Waals surface area contributed by atoms with Crippen molar-refractivity contribution >= 4 is 23.4 Å². The van der Waals surface area contributed by atoms with Gasteiger partial charge in [-0.05, 0) is 73.9 Å². The van der Waals surface area contributed by atoms with Crippen LogP contribution in [0, 0.1) is 23.2 Å². The fraction of sp³-hybridized carbons (Fsp3) is 0.450. The Morgan fingerprint density at radius 3 is 2.46 bits per heavy atom. The Labute approximate surface area is 297 Å². The topological polar surface area (TPSA) is 142 Å². The van der Waals surface area contributed by atoms with Gasteiger partial charge in [0.05, 0.1) is 18.5 Å². The average Bonchev–Trinajstić information content (AvgIpc) is 3.37. The number of benzene rings is 2. The Morgan fingerprint density at radius 2 is 1.78 bits per heavy atom. The second kappa shape index (κ2) is 17.8. The number of carbonyl (C=O) groups is 1. The molecule has 0 unspecified atom stereocenters. The molecule has 10 heteroatoms. The standard InChI is InChI=1S/C24H32N4O2.C16H23N3O/c1-2-6-18-9-11-22(21-8-4-3-7-20(18)21)30-19-10-12-23(25)28(17-19)24(26)27-13-5-15-29-16-14-27;1-11-6-8-13(9-7-11)19-15(18-12(2)20)10-14(17)16(3,4)5/h3-4,7-8,10,12,17-18,22,25-26H,2,5-6,9,11,13-16H2,1H3;6-10H,17H2,1-5H3,(H,18,19,20)/b;14-10-/t18-,22+;/m0./s1. The number of aliphatic imine (C=N–C) groups is 1. The number of fused-ring (bicyclic) bond motifs is 1. The molecule has 2 aromatic carbocycles. The van der Waals surface area contributed by atoms with Gasteiger partial charge in [0.1, 0.15) is 23.2 Å². The van der Waals surface area contributed by atoms with Crippen molar-refractivity contribution < 1.29 is 14.3 Å². The lowest BCUT2D eigenvalue weighted by Crippen LogP contribution is -2.41. The van der Waals surface area contributed by atoms with E-state index in [9.17, 15) is 4.79 Å². The first-order chi connectivity index (χ1) is 23.8. The monoisotopic (exact) mass is 681 g/mol. The summed E-state index contributed by atoms with van der Waals surface area (Å²) < 4.78 is 13.5. The third-order valence-corrected chi connectivity index (χ3v) is 8.89. The van der Waals surface area contributed by atoms with Gasteiger partial charge in [-0.1, -0.05) is 76.1 Å². The van der Waals surface area contributed by atoms with Gasteiger partial charge in [0, 0.05) is 43.8 Å². The SMILES string of the molecule is CC(=O)NC(/C=C(\N)C(C)(C)C)=Nc1ccc(C)cc1.CCC[C@H]1CC[C@@H](Oc2ccc(=N)n(C(=N)N3CCCOCC3)c2)c2ccccc21. The molecule has 5 N–H and O–H groups in total. The molecule has 0 saturated carbocycles. The molecule has 1 fully saturated rings. The predicted octanol–water partition coefficient (Wildman–Crippen LogP) is 7.32. The summed E-state index contributed by atoms with van der Waals surface area (Å²) in [5.41, 5.74) is 11.4. The van der Waals surface area contributed by atoms with E-state index in [0.717, 1.165) is 43.7 Å². The van der Waals surface area contributed by atoms with E-state index < -0.39 is 0 Å². The lowest BCUT2D eigenvalue weighted by atomic mass is 9.79. The van der Waals surface area contributed by atoms with E-state index in [-0.39, 0.29) is 22.9 Å². The first-order valence-electron chi connectivity index (χ1n) is 17.7. The first kappa shape index (κ1) is 38.1. The van der Waals surface area contributed by atoms with Crippen LogP contribution in [0.25, 0.3) is 0 Å². The number of nitrogens with one attached hydrogen (secondary N) is 3. The number of pyridine rings is 1. The van der Waals surface area contributed by atoms with Gasteiger partial charge in [-0.25, -0.2) is 4.99 Å². The van der Waals surface area contributed by atoms with Crippen molar-refractivity contribution in [1.29, 1.82) is 10.8 Å². The molecule has 1 amide bonds. The highest BCUT2D eigenvalue weighted by Crippen LogP contribution is 2.41. The largest absolute Gasteiger partial charge is 0.484 e. The van der Waals surface area contributed by atoms with Gasteiger partial charge >= 0.3 is 0 Å². The Balaban J connectivity index is 0.000000246. The van der Waals surface area contributed by atoms with Crippen LogP contribution in [0.3, 0.4) is 0 Å². The number of aryl methyl sites for hydroxylation is 1. The smallest absolute Gasteiger partial charge is 0.222 e. The number of nitrogens with zero attached hydrogens (tertiary/aromatic N) is 3. The van der Waals surface area contributed by atoms with Gasteiger partial charge in [0.25, 0.3) is 0 Å². The number of aromatic nitrogens is 1. The summed E-state index contributed by atoms with van der Waals surface area (Å²) in [4.78, 5) is 17.7. The quantitative estimate of drug-likeness (QED) is 0.159. The minimum absolute atomic E-state index is 0.0140. The minimum Gasteiger partial charge on any atom is -0.484 e. The minimum atomic E-state index is -0.174. The Hall–Kier alpha value is -4.70. The van der Waals surface area contributed by atoms with Gasteiger partial charge < -0.3 is 25.4 Å². The van der Waals surface area contributed by atoms with Crippen LogP contribution in [0.2, 0.25) is 0 Å². The van der Waals surface area contributed by atoms with Crippen molar-refractivity contribution in [1.82, 2.24) is 14.8 Å².